The predicted octanol–water partition coefficient (Wildman–Crippen LogP) is 2.02. The number of pyridine rings is 1. The van der Waals surface area contributed by atoms with Crippen LogP contribution in [0.15, 0.2) is 16.9 Å². The Kier molecular flexibility index (Phi) is 2.03. The number of nitriles is 1. The smallest absolute Gasteiger partial charge is 0.124 e. The van der Waals surface area contributed by atoms with Crippen LogP contribution in [0.3, 0.4) is 0 Å². The molecule has 2 nitrogen and oxygen atoms in total. The van der Waals surface area contributed by atoms with E-state index in [-0.39, 0.29) is 0 Å². The molecule has 0 aliphatic heterocycles. The van der Waals surface area contributed by atoms with Gasteiger partial charge in [-0.1, -0.05) is 0 Å². The van der Waals surface area contributed by atoms with Gasteiger partial charge in [-0.25, -0.2) is 4.98 Å². The monoisotopic (exact) mass is 196 g/mol. The van der Waals surface area contributed by atoms with Crippen LogP contribution in [0.5, 0.6) is 0 Å². The van der Waals surface area contributed by atoms with Gasteiger partial charge in [0.2, 0.25) is 0 Å². The van der Waals surface area contributed by atoms with Gasteiger partial charge in [0.15, 0.2) is 0 Å². The van der Waals surface area contributed by atoms with E-state index in [1.165, 1.54) is 0 Å². The van der Waals surface area contributed by atoms with Gasteiger partial charge < -0.3 is 0 Å². The Labute approximate surface area is 67.6 Å². The molecule has 0 spiro atoms. The van der Waals surface area contributed by atoms with Crippen molar-refractivity contribution < 1.29 is 0 Å². The largest absolute Gasteiger partial charge is 0.248 e. The van der Waals surface area contributed by atoms with E-state index in [9.17, 15) is 0 Å². The second-order valence-corrected chi connectivity index (χ2v) is 2.66. The topological polar surface area (TPSA) is 36.7 Å². The lowest BCUT2D eigenvalue weighted by molar-refractivity contribution is 1.21. The first-order valence-corrected chi connectivity index (χ1v) is 3.56. The van der Waals surface area contributed by atoms with Crippen LogP contribution in [-0.4, -0.2) is 4.98 Å². The van der Waals surface area contributed by atoms with Crippen molar-refractivity contribution in [3.05, 3.63) is 28.0 Å². The molecule has 0 radical (unpaired) electrons. The maximum absolute atomic E-state index is 8.58. The van der Waals surface area contributed by atoms with Crippen LogP contribution in [-0.2, 0) is 0 Å². The van der Waals surface area contributed by atoms with E-state index in [1.54, 1.807) is 6.20 Å². The summed E-state index contributed by atoms with van der Waals surface area (Å²) in [6.07, 6.45) is 1.67. The highest BCUT2D eigenvalue weighted by Gasteiger charge is 2.00. The second kappa shape index (κ2) is 2.80. The highest BCUT2D eigenvalue weighted by Crippen LogP contribution is 2.14. The Morgan fingerprint density at radius 1 is 1.70 bits per heavy atom. The van der Waals surface area contributed by atoms with E-state index in [0.29, 0.717) is 10.2 Å². The molecular formula is C7H5BrN2. The number of aromatic nitrogens is 1. The summed E-state index contributed by atoms with van der Waals surface area (Å²) >= 11 is 3.17. The Balaban J connectivity index is 3.34. The van der Waals surface area contributed by atoms with Crippen LogP contribution >= 0.6 is 15.9 Å². The molecule has 0 aromatic carbocycles. The summed E-state index contributed by atoms with van der Waals surface area (Å²) in [6, 6.07) is 3.86. The number of hydrogen-bond donors (Lipinski definition) is 0. The number of nitrogens with zero attached hydrogens (tertiary/aromatic N) is 2. The zero-order valence-electron chi connectivity index (χ0n) is 5.43. The molecule has 0 atom stereocenters. The molecule has 3 heteroatoms. The fourth-order valence-electron chi connectivity index (χ4n) is 0.659. The second-order valence-electron chi connectivity index (χ2n) is 1.91. The van der Waals surface area contributed by atoms with Crippen LogP contribution in [0.1, 0.15) is 11.1 Å². The summed E-state index contributed by atoms with van der Waals surface area (Å²) in [5.74, 6) is 0. The van der Waals surface area contributed by atoms with Crippen LogP contribution in [0, 0.1) is 18.3 Å². The third-order valence-corrected chi connectivity index (χ3v) is 1.83. The molecule has 1 aromatic heterocycles. The number of aryl methyl sites for hydroxylation is 1. The average Bonchev–Trinajstić information content (AvgIpc) is 1.88. The highest BCUT2D eigenvalue weighted by atomic mass is 79.9. The van der Waals surface area contributed by atoms with E-state index < -0.39 is 0 Å². The van der Waals surface area contributed by atoms with Crippen LogP contribution < -0.4 is 0 Å². The van der Waals surface area contributed by atoms with Gasteiger partial charge in [-0.05, 0) is 34.5 Å². The van der Waals surface area contributed by atoms with Gasteiger partial charge in [-0.15, -0.1) is 0 Å². The van der Waals surface area contributed by atoms with Gasteiger partial charge >= 0.3 is 0 Å². The molecule has 0 aliphatic carbocycles. The Hall–Kier alpha value is -0.880. The summed E-state index contributed by atoms with van der Waals surface area (Å²) < 4.78 is 0.620. The third kappa shape index (κ3) is 1.17. The van der Waals surface area contributed by atoms with Gasteiger partial charge in [-0.2, -0.15) is 5.26 Å². The van der Waals surface area contributed by atoms with Crippen LogP contribution in [0.2, 0.25) is 0 Å². The van der Waals surface area contributed by atoms with E-state index in [1.807, 2.05) is 13.0 Å². The molecular weight excluding hydrogens is 192 g/mol. The van der Waals surface area contributed by atoms with Crippen LogP contribution in [0.25, 0.3) is 0 Å². The van der Waals surface area contributed by atoms with Gasteiger partial charge in [0, 0.05) is 6.20 Å². The molecule has 0 saturated heterocycles. The van der Waals surface area contributed by atoms with Gasteiger partial charge in [0.25, 0.3) is 0 Å². The lowest BCUT2D eigenvalue weighted by atomic mass is 10.2. The van der Waals surface area contributed by atoms with Gasteiger partial charge in [0.05, 0.1) is 5.56 Å². The molecule has 1 heterocycles. The maximum Gasteiger partial charge on any atom is 0.124 e. The zero-order chi connectivity index (χ0) is 7.56. The van der Waals surface area contributed by atoms with Crippen molar-refractivity contribution in [2.24, 2.45) is 0 Å². The molecule has 0 N–H and O–H groups in total. The Bertz CT molecular complexity index is 268. The summed E-state index contributed by atoms with van der Waals surface area (Å²) in [5.41, 5.74) is 1.56. The lowest BCUT2D eigenvalue weighted by Crippen LogP contribution is -1.85. The number of halogens is 1. The maximum atomic E-state index is 8.58. The predicted molar refractivity (Wildman–Crippen MR) is 41.4 cm³/mol. The highest BCUT2D eigenvalue weighted by molar-refractivity contribution is 9.10. The molecule has 0 aliphatic rings. The van der Waals surface area contributed by atoms with E-state index in [2.05, 4.69) is 27.0 Å². The summed E-state index contributed by atoms with van der Waals surface area (Å²) in [7, 11) is 0. The standard InChI is InChI=1S/C7H5BrN2/c1-5-2-3-10-7(8)6(5)4-9/h2-3H,1H3. The third-order valence-electron chi connectivity index (χ3n) is 1.22. The Morgan fingerprint density at radius 2 is 2.40 bits per heavy atom. The molecule has 0 amide bonds. The SMILES string of the molecule is Cc1ccnc(Br)c1C#N. The number of rotatable bonds is 0. The van der Waals surface area contributed by atoms with Crippen molar-refractivity contribution in [2.75, 3.05) is 0 Å². The number of hydrogen-bond acceptors (Lipinski definition) is 2. The minimum Gasteiger partial charge on any atom is -0.248 e. The van der Waals surface area contributed by atoms with Gasteiger partial charge in [-0.3, -0.25) is 0 Å². The van der Waals surface area contributed by atoms with Crippen molar-refractivity contribution in [2.45, 2.75) is 6.92 Å². The van der Waals surface area contributed by atoms with E-state index >= 15 is 0 Å². The fourth-order valence-corrected chi connectivity index (χ4v) is 1.18. The first kappa shape index (κ1) is 7.23. The molecule has 0 saturated carbocycles. The lowest BCUT2D eigenvalue weighted by Gasteiger charge is -1.95. The first-order chi connectivity index (χ1) is 4.75. The summed E-state index contributed by atoms with van der Waals surface area (Å²) in [4.78, 5) is 3.90. The minimum atomic E-state index is 0.613. The molecule has 0 unspecified atom stereocenters. The molecule has 0 bridgehead atoms. The van der Waals surface area contributed by atoms with E-state index in [0.717, 1.165) is 5.56 Å². The molecule has 10 heavy (non-hydrogen) atoms. The molecule has 0 fully saturated rings. The molecule has 1 rings (SSSR count). The average molecular weight is 197 g/mol. The van der Waals surface area contributed by atoms with E-state index in [4.69, 9.17) is 5.26 Å². The normalized spacial score (nSPS) is 8.90. The summed E-state index contributed by atoms with van der Waals surface area (Å²) in [5, 5.41) is 8.58. The Morgan fingerprint density at radius 3 is 2.80 bits per heavy atom. The molecule has 1 aromatic rings. The quantitative estimate of drug-likeness (QED) is 0.596. The first-order valence-electron chi connectivity index (χ1n) is 2.77. The zero-order valence-corrected chi connectivity index (χ0v) is 7.01. The molecule has 50 valence electrons. The summed E-state index contributed by atoms with van der Waals surface area (Å²) in [6.45, 7) is 1.88. The van der Waals surface area contributed by atoms with Gasteiger partial charge in [0.1, 0.15) is 10.7 Å². The van der Waals surface area contributed by atoms with Crippen molar-refractivity contribution in [3.63, 3.8) is 0 Å². The fraction of sp³-hybridized carbons (Fsp3) is 0.143. The van der Waals surface area contributed by atoms with Crippen molar-refractivity contribution in [1.29, 1.82) is 5.26 Å². The van der Waals surface area contributed by atoms with Crippen LogP contribution in [0.4, 0.5) is 0 Å². The van der Waals surface area contributed by atoms with Crippen molar-refractivity contribution in [3.8, 4) is 6.07 Å². The minimum absolute atomic E-state index is 0.613. The van der Waals surface area contributed by atoms with Crippen molar-refractivity contribution >= 4 is 15.9 Å². The van der Waals surface area contributed by atoms with Crippen molar-refractivity contribution in [1.82, 2.24) is 4.98 Å².